The molecule has 1 aliphatic rings. The number of methoxy groups -OCH3 is 1. The van der Waals surface area contributed by atoms with Gasteiger partial charge < -0.3 is 9.84 Å². The van der Waals surface area contributed by atoms with Crippen LogP contribution in [0.1, 0.15) is 65.2 Å². The van der Waals surface area contributed by atoms with Crippen molar-refractivity contribution in [1.82, 2.24) is 0 Å². The zero-order chi connectivity index (χ0) is 12.7. The van der Waals surface area contributed by atoms with E-state index in [1.165, 1.54) is 44.9 Å². The highest BCUT2D eigenvalue weighted by molar-refractivity contribution is 4.81. The Hall–Kier alpha value is -0.0800. The zero-order valence-corrected chi connectivity index (χ0v) is 11.8. The molecule has 1 fully saturated rings. The average Bonchev–Trinajstić information content (AvgIpc) is 2.31. The molecule has 102 valence electrons. The van der Waals surface area contributed by atoms with E-state index >= 15 is 0 Å². The number of rotatable bonds is 7. The van der Waals surface area contributed by atoms with Gasteiger partial charge in [0.05, 0.1) is 12.2 Å². The molecule has 2 nitrogen and oxygen atoms in total. The first-order valence-corrected chi connectivity index (χ1v) is 7.39. The van der Waals surface area contributed by atoms with Gasteiger partial charge in [-0.1, -0.05) is 46.0 Å². The van der Waals surface area contributed by atoms with E-state index in [4.69, 9.17) is 4.74 Å². The summed E-state index contributed by atoms with van der Waals surface area (Å²) >= 11 is 0. The molecule has 3 atom stereocenters. The maximum atomic E-state index is 10.3. The summed E-state index contributed by atoms with van der Waals surface area (Å²) in [4.78, 5) is 0. The first-order valence-electron chi connectivity index (χ1n) is 7.39. The Labute approximate surface area is 107 Å². The second kappa shape index (κ2) is 8.10. The van der Waals surface area contributed by atoms with Gasteiger partial charge in [-0.2, -0.15) is 0 Å². The summed E-state index contributed by atoms with van der Waals surface area (Å²) in [5.74, 6) is 1.19. The van der Waals surface area contributed by atoms with Crippen LogP contribution in [0.25, 0.3) is 0 Å². The Kier molecular flexibility index (Phi) is 7.14. The molecule has 0 saturated heterocycles. The fraction of sp³-hybridized carbons (Fsp3) is 1.00. The molecule has 0 aromatic carbocycles. The van der Waals surface area contributed by atoms with Gasteiger partial charge in [0.25, 0.3) is 0 Å². The lowest BCUT2D eigenvalue weighted by Crippen LogP contribution is -2.37. The highest BCUT2D eigenvalue weighted by atomic mass is 16.5. The third kappa shape index (κ3) is 4.97. The van der Waals surface area contributed by atoms with Crippen LogP contribution in [0.5, 0.6) is 0 Å². The van der Waals surface area contributed by atoms with E-state index in [-0.39, 0.29) is 12.2 Å². The van der Waals surface area contributed by atoms with E-state index in [0.29, 0.717) is 11.8 Å². The predicted octanol–water partition coefficient (Wildman–Crippen LogP) is 3.77. The van der Waals surface area contributed by atoms with Crippen molar-refractivity contribution in [2.24, 2.45) is 11.8 Å². The molecule has 1 aliphatic carbocycles. The molecule has 0 amide bonds. The van der Waals surface area contributed by atoms with Crippen LogP contribution >= 0.6 is 0 Å². The van der Waals surface area contributed by atoms with Gasteiger partial charge in [0.1, 0.15) is 0 Å². The minimum absolute atomic E-state index is 0.0645. The molecule has 0 aromatic rings. The van der Waals surface area contributed by atoms with E-state index < -0.39 is 0 Å². The van der Waals surface area contributed by atoms with Crippen LogP contribution in [-0.4, -0.2) is 24.4 Å². The van der Waals surface area contributed by atoms with Crippen molar-refractivity contribution in [2.45, 2.75) is 77.4 Å². The Morgan fingerprint density at radius 2 is 1.88 bits per heavy atom. The first-order chi connectivity index (χ1) is 8.19. The number of aliphatic hydroxyl groups is 1. The van der Waals surface area contributed by atoms with Crippen LogP contribution in [0.15, 0.2) is 0 Å². The summed E-state index contributed by atoms with van der Waals surface area (Å²) in [5.41, 5.74) is 0. The Bertz CT molecular complexity index is 187. The second-order valence-electron chi connectivity index (χ2n) is 5.80. The standard InChI is InChI=1S/C15H30O2/c1-4-8-12(2)11-14(16)15(17-3)13-9-6-5-7-10-13/h12-16H,4-11H2,1-3H3. The third-order valence-corrected chi connectivity index (χ3v) is 4.19. The summed E-state index contributed by atoms with van der Waals surface area (Å²) in [5, 5.41) is 10.3. The minimum atomic E-state index is -0.273. The molecular weight excluding hydrogens is 212 g/mol. The quantitative estimate of drug-likeness (QED) is 0.736. The maximum absolute atomic E-state index is 10.3. The molecule has 1 N–H and O–H groups in total. The van der Waals surface area contributed by atoms with Crippen molar-refractivity contribution >= 4 is 0 Å². The van der Waals surface area contributed by atoms with Gasteiger partial charge >= 0.3 is 0 Å². The van der Waals surface area contributed by atoms with Crippen LogP contribution in [0.3, 0.4) is 0 Å². The number of hydrogen-bond acceptors (Lipinski definition) is 2. The summed E-state index contributed by atoms with van der Waals surface area (Å²) in [6.45, 7) is 4.44. The van der Waals surface area contributed by atoms with Crippen LogP contribution < -0.4 is 0 Å². The van der Waals surface area contributed by atoms with Crippen LogP contribution in [-0.2, 0) is 4.74 Å². The molecule has 3 unspecified atom stereocenters. The zero-order valence-electron chi connectivity index (χ0n) is 11.8. The lowest BCUT2D eigenvalue weighted by Gasteiger charge is -2.33. The number of hydrogen-bond donors (Lipinski definition) is 1. The van der Waals surface area contributed by atoms with Gasteiger partial charge in [0.2, 0.25) is 0 Å². The smallest absolute Gasteiger partial charge is 0.0858 e. The summed E-state index contributed by atoms with van der Waals surface area (Å²) in [6.07, 6.45) is 9.53. The number of aliphatic hydroxyl groups excluding tert-OH is 1. The van der Waals surface area contributed by atoms with Crippen molar-refractivity contribution in [1.29, 1.82) is 0 Å². The molecule has 0 aromatic heterocycles. The van der Waals surface area contributed by atoms with E-state index in [9.17, 15) is 5.11 Å². The van der Waals surface area contributed by atoms with Crippen molar-refractivity contribution < 1.29 is 9.84 Å². The molecule has 17 heavy (non-hydrogen) atoms. The average molecular weight is 242 g/mol. The van der Waals surface area contributed by atoms with Crippen LogP contribution in [0.2, 0.25) is 0 Å². The maximum Gasteiger partial charge on any atom is 0.0858 e. The van der Waals surface area contributed by atoms with Gasteiger partial charge in [0, 0.05) is 7.11 Å². The van der Waals surface area contributed by atoms with E-state index in [1.54, 1.807) is 7.11 Å². The van der Waals surface area contributed by atoms with Gasteiger partial charge in [-0.3, -0.25) is 0 Å². The predicted molar refractivity (Wildman–Crippen MR) is 72.1 cm³/mol. The Balaban J connectivity index is 2.41. The lowest BCUT2D eigenvalue weighted by atomic mass is 9.81. The molecule has 1 rings (SSSR count). The topological polar surface area (TPSA) is 29.5 Å². The van der Waals surface area contributed by atoms with E-state index in [2.05, 4.69) is 13.8 Å². The van der Waals surface area contributed by atoms with Gasteiger partial charge in [-0.05, 0) is 31.1 Å². The normalized spacial score (nSPS) is 23.3. The molecule has 0 bridgehead atoms. The van der Waals surface area contributed by atoms with Gasteiger partial charge in [-0.25, -0.2) is 0 Å². The van der Waals surface area contributed by atoms with Crippen molar-refractivity contribution in [3.63, 3.8) is 0 Å². The van der Waals surface area contributed by atoms with Crippen molar-refractivity contribution in [3.8, 4) is 0 Å². The van der Waals surface area contributed by atoms with Crippen LogP contribution in [0.4, 0.5) is 0 Å². The molecule has 0 heterocycles. The van der Waals surface area contributed by atoms with Gasteiger partial charge in [-0.15, -0.1) is 0 Å². The van der Waals surface area contributed by atoms with Gasteiger partial charge in [0.15, 0.2) is 0 Å². The molecule has 1 saturated carbocycles. The molecule has 2 heteroatoms. The second-order valence-corrected chi connectivity index (χ2v) is 5.80. The summed E-state index contributed by atoms with van der Waals surface area (Å²) in [7, 11) is 1.76. The first kappa shape index (κ1) is 15.0. The number of ether oxygens (including phenoxy) is 1. The molecular formula is C15H30O2. The van der Waals surface area contributed by atoms with Crippen molar-refractivity contribution in [3.05, 3.63) is 0 Å². The SMILES string of the molecule is CCCC(C)CC(O)C(OC)C1CCCCC1. The Morgan fingerprint density at radius 3 is 2.41 bits per heavy atom. The largest absolute Gasteiger partial charge is 0.390 e. The highest BCUT2D eigenvalue weighted by Gasteiger charge is 2.30. The fourth-order valence-corrected chi connectivity index (χ4v) is 3.28. The molecule has 0 aliphatic heterocycles. The highest BCUT2D eigenvalue weighted by Crippen LogP contribution is 2.31. The van der Waals surface area contributed by atoms with E-state index in [1.807, 2.05) is 0 Å². The minimum Gasteiger partial charge on any atom is -0.390 e. The Morgan fingerprint density at radius 1 is 1.24 bits per heavy atom. The summed E-state index contributed by atoms with van der Waals surface area (Å²) < 4.78 is 5.58. The molecule has 0 spiro atoms. The monoisotopic (exact) mass is 242 g/mol. The summed E-state index contributed by atoms with van der Waals surface area (Å²) in [6, 6.07) is 0. The fourth-order valence-electron chi connectivity index (χ4n) is 3.28. The molecule has 0 radical (unpaired) electrons. The third-order valence-electron chi connectivity index (χ3n) is 4.19. The van der Waals surface area contributed by atoms with E-state index in [0.717, 1.165) is 6.42 Å². The van der Waals surface area contributed by atoms with Crippen molar-refractivity contribution in [2.75, 3.05) is 7.11 Å². The van der Waals surface area contributed by atoms with Crippen LogP contribution in [0, 0.1) is 11.8 Å². The lowest BCUT2D eigenvalue weighted by molar-refractivity contribution is -0.0621.